The van der Waals surface area contributed by atoms with Crippen LogP contribution in [-0.2, 0) is 4.74 Å². The second kappa shape index (κ2) is 6.89. The van der Waals surface area contributed by atoms with Gasteiger partial charge in [-0.3, -0.25) is 4.79 Å². The smallest absolute Gasteiger partial charge is 0.358 e. The monoisotopic (exact) mass is 343 g/mol. The second-order valence-corrected chi connectivity index (χ2v) is 5.11. The standard InChI is InChI=1S/C14H8Cl3NO3/c15-9-6-18-13(12(17)11(9)16)14(20)21-7-10(19)8-4-2-1-3-5-8/h1-6H,7H2. The molecule has 0 spiro atoms. The van der Waals surface area contributed by atoms with Gasteiger partial charge in [0.15, 0.2) is 18.1 Å². The maximum atomic E-state index is 11.8. The molecule has 21 heavy (non-hydrogen) atoms. The van der Waals surface area contributed by atoms with E-state index >= 15 is 0 Å². The fourth-order valence-electron chi connectivity index (χ4n) is 1.49. The minimum absolute atomic E-state index is 0.00895. The van der Waals surface area contributed by atoms with Gasteiger partial charge in [0.25, 0.3) is 0 Å². The molecule has 0 saturated carbocycles. The molecule has 0 aliphatic carbocycles. The van der Waals surface area contributed by atoms with E-state index in [2.05, 4.69) is 4.98 Å². The lowest BCUT2D eigenvalue weighted by Gasteiger charge is -2.06. The lowest BCUT2D eigenvalue weighted by molar-refractivity contribution is 0.0469. The Hall–Kier alpha value is -1.62. The summed E-state index contributed by atoms with van der Waals surface area (Å²) in [4.78, 5) is 27.4. The van der Waals surface area contributed by atoms with Gasteiger partial charge in [-0.25, -0.2) is 9.78 Å². The van der Waals surface area contributed by atoms with E-state index < -0.39 is 12.6 Å². The number of nitrogens with zero attached hydrogens (tertiary/aromatic N) is 1. The molecule has 0 aliphatic rings. The first kappa shape index (κ1) is 15.8. The Morgan fingerprint density at radius 2 is 1.71 bits per heavy atom. The van der Waals surface area contributed by atoms with Gasteiger partial charge in [-0.2, -0.15) is 0 Å². The molecule has 0 amide bonds. The second-order valence-electron chi connectivity index (χ2n) is 3.95. The van der Waals surface area contributed by atoms with E-state index in [1.807, 2.05) is 0 Å². The number of Topliss-reactive ketones (excluding diaryl/α,β-unsaturated/α-hetero) is 1. The first-order valence-electron chi connectivity index (χ1n) is 5.75. The predicted octanol–water partition coefficient (Wildman–Crippen LogP) is 4.08. The third-order valence-electron chi connectivity index (χ3n) is 2.54. The molecule has 7 heteroatoms. The molecule has 2 aromatic rings. The average molecular weight is 345 g/mol. The predicted molar refractivity (Wildman–Crippen MR) is 80.3 cm³/mol. The van der Waals surface area contributed by atoms with Crippen LogP contribution in [0.3, 0.4) is 0 Å². The maximum Gasteiger partial charge on any atom is 0.358 e. The number of carbonyl (C=O) groups excluding carboxylic acids is 2. The first-order valence-corrected chi connectivity index (χ1v) is 6.89. The summed E-state index contributed by atoms with van der Waals surface area (Å²) in [6, 6.07) is 8.46. The minimum atomic E-state index is -0.845. The summed E-state index contributed by atoms with van der Waals surface area (Å²) >= 11 is 17.4. The molecule has 4 nitrogen and oxygen atoms in total. The van der Waals surface area contributed by atoms with Crippen molar-refractivity contribution in [1.82, 2.24) is 4.98 Å². The third-order valence-corrected chi connectivity index (χ3v) is 3.78. The van der Waals surface area contributed by atoms with Crippen molar-refractivity contribution in [2.75, 3.05) is 6.61 Å². The van der Waals surface area contributed by atoms with Gasteiger partial charge in [-0.1, -0.05) is 65.1 Å². The fraction of sp³-hybridized carbons (Fsp3) is 0.0714. The van der Waals surface area contributed by atoms with Crippen molar-refractivity contribution < 1.29 is 14.3 Å². The van der Waals surface area contributed by atoms with Crippen molar-refractivity contribution in [3.63, 3.8) is 0 Å². The number of benzene rings is 1. The van der Waals surface area contributed by atoms with Crippen LogP contribution in [0.5, 0.6) is 0 Å². The maximum absolute atomic E-state index is 11.8. The summed E-state index contributed by atoms with van der Waals surface area (Å²) in [6.45, 7) is -0.416. The van der Waals surface area contributed by atoms with Crippen molar-refractivity contribution in [1.29, 1.82) is 0 Å². The molecule has 0 aliphatic heterocycles. The molecule has 0 unspecified atom stereocenters. The number of ketones is 1. The number of esters is 1. The van der Waals surface area contributed by atoms with E-state index in [1.54, 1.807) is 30.3 Å². The molecule has 1 aromatic carbocycles. The Balaban J connectivity index is 2.06. The van der Waals surface area contributed by atoms with E-state index in [4.69, 9.17) is 39.5 Å². The molecule has 0 bridgehead atoms. The van der Waals surface area contributed by atoms with Crippen molar-refractivity contribution in [2.24, 2.45) is 0 Å². The number of carbonyl (C=O) groups is 2. The van der Waals surface area contributed by atoms with Gasteiger partial charge in [-0.05, 0) is 0 Å². The quantitative estimate of drug-likeness (QED) is 0.619. The molecule has 0 radical (unpaired) electrons. The van der Waals surface area contributed by atoms with Crippen LogP contribution in [0.1, 0.15) is 20.8 Å². The molecule has 1 aromatic heterocycles. The Labute approximate surface area is 135 Å². The zero-order valence-corrected chi connectivity index (χ0v) is 12.7. The van der Waals surface area contributed by atoms with E-state index in [0.29, 0.717) is 5.56 Å². The Morgan fingerprint density at radius 1 is 1.05 bits per heavy atom. The highest BCUT2D eigenvalue weighted by molar-refractivity contribution is 6.48. The Kier molecular flexibility index (Phi) is 5.17. The highest BCUT2D eigenvalue weighted by Gasteiger charge is 2.19. The number of ether oxygens (including phenoxy) is 1. The van der Waals surface area contributed by atoms with Crippen molar-refractivity contribution in [3.05, 3.63) is 62.9 Å². The highest BCUT2D eigenvalue weighted by Crippen LogP contribution is 2.31. The Bertz CT molecular complexity index is 689. The molecule has 2 rings (SSSR count). The van der Waals surface area contributed by atoms with Gasteiger partial charge < -0.3 is 4.74 Å². The van der Waals surface area contributed by atoms with Crippen LogP contribution in [0.4, 0.5) is 0 Å². The van der Waals surface area contributed by atoms with Crippen LogP contribution >= 0.6 is 34.8 Å². The SMILES string of the molecule is O=C(COC(=O)c1ncc(Cl)c(Cl)c1Cl)c1ccccc1. The number of hydrogen-bond donors (Lipinski definition) is 0. The van der Waals surface area contributed by atoms with E-state index in [1.165, 1.54) is 6.20 Å². The number of pyridine rings is 1. The largest absolute Gasteiger partial charge is 0.453 e. The van der Waals surface area contributed by atoms with Gasteiger partial charge >= 0.3 is 5.97 Å². The summed E-state index contributed by atoms with van der Waals surface area (Å²) in [6.07, 6.45) is 1.19. The lowest BCUT2D eigenvalue weighted by Crippen LogP contribution is -2.15. The third kappa shape index (κ3) is 3.73. The van der Waals surface area contributed by atoms with Gasteiger partial charge in [0.2, 0.25) is 0 Å². The summed E-state index contributed by atoms with van der Waals surface area (Å²) in [5.41, 5.74) is 0.255. The van der Waals surface area contributed by atoms with Crippen molar-refractivity contribution >= 4 is 46.6 Å². The van der Waals surface area contributed by atoms with Gasteiger partial charge in [0.1, 0.15) is 0 Å². The molecule has 0 atom stereocenters. The van der Waals surface area contributed by atoms with Crippen LogP contribution in [0.25, 0.3) is 0 Å². The number of aromatic nitrogens is 1. The van der Waals surface area contributed by atoms with Crippen LogP contribution < -0.4 is 0 Å². The molecule has 108 valence electrons. The molecule has 1 heterocycles. The number of rotatable bonds is 4. The van der Waals surface area contributed by atoms with Crippen LogP contribution in [0, 0.1) is 0 Å². The zero-order chi connectivity index (χ0) is 15.4. The fourth-order valence-corrected chi connectivity index (χ4v) is 2.05. The Morgan fingerprint density at radius 3 is 2.38 bits per heavy atom. The first-order chi connectivity index (χ1) is 10.0. The van der Waals surface area contributed by atoms with Gasteiger partial charge in [0.05, 0.1) is 15.1 Å². The molecular weight excluding hydrogens is 337 g/mol. The molecule has 0 saturated heterocycles. The van der Waals surface area contributed by atoms with Crippen LogP contribution in [0.15, 0.2) is 36.5 Å². The normalized spacial score (nSPS) is 10.2. The minimum Gasteiger partial charge on any atom is -0.453 e. The van der Waals surface area contributed by atoms with Crippen molar-refractivity contribution in [2.45, 2.75) is 0 Å². The lowest BCUT2D eigenvalue weighted by atomic mass is 10.1. The summed E-state index contributed by atoms with van der Waals surface area (Å²) < 4.78 is 4.88. The van der Waals surface area contributed by atoms with Gasteiger partial charge in [0, 0.05) is 11.8 Å². The summed E-state index contributed by atoms with van der Waals surface area (Å²) in [5.74, 6) is -1.18. The van der Waals surface area contributed by atoms with Crippen LogP contribution in [0.2, 0.25) is 15.1 Å². The highest BCUT2D eigenvalue weighted by atomic mass is 35.5. The van der Waals surface area contributed by atoms with E-state index in [-0.39, 0.29) is 26.5 Å². The number of hydrogen-bond acceptors (Lipinski definition) is 4. The molecular formula is C14H8Cl3NO3. The van der Waals surface area contributed by atoms with Gasteiger partial charge in [-0.15, -0.1) is 0 Å². The van der Waals surface area contributed by atoms with E-state index in [9.17, 15) is 9.59 Å². The molecule has 0 N–H and O–H groups in total. The van der Waals surface area contributed by atoms with Crippen molar-refractivity contribution in [3.8, 4) is 0 Å². The number of halogens is 3. The average Bonchev–Trinajstić information content (AvgIpc) is 2.51. The van der Waals surface area contributed by atoms with E-state index in [0.717, 1.165) is 0 Å². The zero-order valence-electron chi connectivity index (χ0n) is 10.5. The summed E-state index contributed by atoms with van der Waals surface area (Å²) in [5, 5.41) is 0.0228. The van der Waals surface area contributed by atoms with Crippen LogP contribution in [-0.4, -0.2) is 23.3 Å². The topological polar surface area (TPSA) is 56.3 Å². The summed E-state index contributed by atoms with van der Waals surface area (Å²) in [7, 11) is 0. The molecule has 0 fully saturated rings.